The van der Waals surface area contributed by atoms with Crippen LogP contribution >= 0.6 is 0 Å². The molecule has 1 N–H and O–H groups in total. The van der Waals surface area contributed by atoms with Gasteiger partial charge in [-0.2, -0.15) is 0 Å². The monoisotopic (exact) mass is 289 g/mol. The second-order valence-corrected chi connectivity index (χ2v) is 4.77. The average Bonchev–Trinajstić information content (AvgIpc) is 2.57. The van der Waals surface area contributed by atoms with Gasteiger partial charge in [0, 0.05) is 5.69 Å². The molecule has 3 aromatic carbocycles. The van der Waals surface area contributed by atoms with Crippen LogP contribution in [0.25, 0.3) is 11.1 Å². The molecule has 0 fully saturated rings. The van der Waals surface area contributed by atoms with E-state index in [1.807, 2.05) is 60.7 Å². The fourth-order valence-corrected chi connectivity index (χ4v) is 2.12. The first-order valence-electron chi connectivity index (χ1n) is 7.01. The Bertz CT molecular complexity index is 737. The largest absolute Gasteiger partial charge is 0.417 e. The smallest absolute Gasteiger partial charge is 0.410 e. The van der Waals surface area contributed by atoms with Gasteiger partial charge in [0.15, 0.2) is 0 Å². The van der Waals surface area contributed by atoms with Crippen LogP contribution in [-0.2, 0) is 0 Å². The SMILES string of the molecule is O=C(Nc1ccccc1)Oc1ccc(-c2ccccc2)cc1. The van der Waals surface area contributed by atoms with Crippen molar-refractivity contribution in [1.29, 1.82) is 0 Å². The fraction of sp³-hybridized carbons (Fsp3) is 0. The van der Waals surface area contributed by atoms with Crippen molar-refractivity contribution in [3.63, 3.8) is 0 Å². The summed E-state index contributed by atoms with van der Waals surface area (Å²) in [5, 5.41) is 2.68. The highest BCUT2D eigenvalue weighted by Gasteiger charge is 2.05. The summed E-state index contributed by atoms with van der Waals surface area (Å²) in [6.07, 6.45) is -0.501. The Morgan fingerprint density at radius 3 is 1.86 bits per heavy atom. The number of nitrogens with one attached hydrogen (secondary N) is 1. The minimum atomic E-state index is -0.501. The van der Waals surface area contributed by atoms with Gasteiger partial charge in [-0.3, -0.25) is 5.32 Å². The van der Waals surface area contributed by atoms with E-state index in [0.717, 1.165) is 11.1 Å². The lowest BCUT2D eigenvalue weighted by atomic mass is 10.1. The Balaban J connectivity index is 1.65. The highest BCUT2D eigenvalue weighted by Crippen LogP contribution is 2.22. The zero-order valence-corrected chi connectivity index (χ0v) is 11.9. The highest BCUT2D eigenvalue weighted by atomic mass is 16.6. The molecule has 0 atom stereocenters. The normalized spacial score (nSPS) is 10.0. The van der Waals surface area contributed by atoms with Crippen LogP contribution in [0.2, 0.25) is 0 Å². The molecule has 3 rings (SSSR count). The van der Waals surface area contributed by atoms with Crippen LogP contribution in [-0.4, -0.2) is 6.09 Å². The number of rotatable bonds is 3. The molecular weight excluding hydrogens is 274 g/mol. The molecule has 0 unspecified atom stereocenters. The van der Waals surface area contributed by atoms with E-state index in [4.69, 9.17) is 4.74 Å². The second kappa shape index (κ2) is 6.59. The van der Waals surface area contributed by atoms with Crippen molar-refractivity contribution < 1.29 is 9.53 Å². The Hall–Kier alpha value is -3.07. The van der Waals surface area contributed by atoms with Crippen molar-refractivity contribution in [3.05, 3.63) is 84.9 Å². The van der Waals surface area contributed by atoms with E-state index in [-0.39, 0.29) is 0 Å². The molecule has 0 radical (unpaired) electrons. The number of amides is 1. The number of carbonyl (C=O) groups excluding carboxylic acids is 1. The lowest BCUT2D eigenvalue weighted by Gasteiger charge is -2.07. The number of hydrogen-bond donors (Lipinski definition) is 1. The highest BCUT2D eigenvalue weighted by molar-refractivity contribution is 5.86. The summed E-state index contributed by atoms with van der Waals surface area (Å²) in [6.45, 7) is 0. The third-order valence-corrected chi connectivity index (χ3v) is 3.19. The lowest BCUT2D eigenvalue weighted by molar-refractivity contribution is 0.215. The van der Waals surface area contributed by atoms with Crippen LogP contribution < -0.4 is 10.1 Å². The molecule has 3 nitrogen and oxygen atoms in total. The molecule has 0 aliphatic rings. The van der Waals surface area contributed by atoms with E-state index < -0.39 is 6.09 Å². The standard InChI is InChI=1S/C19H15NO2/c21-19(20-17-9-5-2-6-10-17)22-18-13-11-16(12-14-18)15-7-3-1-4-8-15/h1-14H,(H,20,21). The number of anilines is 1. The summed E-state index contributed by atoms with van der Waals surface area (Å²) >= 11 is 0. The van der Waals surface area contributed by atoms with E-state index in [0.29, 0.717) is 11.4 Å². The summed E-state index contributed by atoms with van der Waals surface area (Å²) in [5.74, 6) is 0.508. The van der Waals surface area contributed by atoms with Crippen LogP contribution in [0.3, 0.4) is 0 Å². The number of para-hydroxylation sites is 1. The van der Waals surface area contributed by atoms with E-state index >= 15 is 0 Å². The van der Waals surface area contributed by atoms with Gasteiger partial charge in [-0.05, 0) is 35.4 Å². The third-order valence-electron chi connectivity index (χ3n) is 3.19. The van der Waals surface area contributed by atoms with Crippen LogP contribution in [0.1, 0.15) is 0 Å². The van der Waals surface area contributed by atoms with Gasteiger partial charge in [0.2, 0.25) is 0 Å². The van der Waals surface area contributed by atoms with Crippen molar-refractivity contribution in [2.45, 2.75) is 0 Å². The minimum Gasteiger partial charge on any atom is -0.410 e. The molecule has 22 heavy (non-hydrogen) atoms. The molecule has 3 aromatic rings. The molecule has 108 valence electrons. The van der Waals surface area contributed by atoms with Gasteiger partial charge in [-0.1, -0.05) is 60.7 Å². The second-order valence-electron chi connectivity index (χ2n) is 4.77. The van der Waals surface area contributed by atoms with Gasteiger partial charge in [-0.15, -0.1) is 0 Å². The molecule has 0 saturated carbocycles. The molecule has 0 aliphatic carbocycles. The summed E-state index contributed by atoms with van der Waals surface area (Å²) in [7, 11) is 0. The maximum Gasteiger partial charge on any atom is 0.417 e. The van der Waals surface area contributed by atoms with Gasteiger partial charge in [0.1, 0.15) is 5.75 Å². The van der Waals surface area contributed by atoms with Gasteiger partial charge < -0.3 is 4.74 Å². The first kappa shape index (κ1) is 13.9. The van der Waals surface area contributed by atoms with Crippen molar-refractivity contribution >= 4 is 11.8 Å². The van der Waals surface area contributed by atoms with E-state index in [2.05, 4.69) is 5.32 Å². The summed E-state index contributed by atoms with van der Waals surface area (Å²) in [6, 6.07) is 26.7. The Morgan fingerprint density at radius 2 is 1.23 bits per heavy atom. The molecule has 3 heteroatoms. The van der Waals surface area contributed by atoms with Crippen LogP contribution in [0.5, 0.6) is 5.75 Å². The zero-order chi connectivity index (χ0) is 15.2. The Kier molecular flexibility index (Phi) is 4.16. The number of benzene rings is 3. The minimum absolute atomic E-state index is 0.501. The predicted molar refractivity (Wildman–Crippen MR) is 88.0 cm³/mol. The van der Waals surface area contributed by atoms with E-state index in [1.165, 1.54) is 0 Å². The maximum absolute atomic E-state index is 11.8. The zero-order valence-electron chi connectivity index (χ0n) is 11.9. The average molecular weight is 289 g/mol. The van der Waals surface area contributed by atoms with E-state index in [9.17, 15) is 4.79 Å². The molecule has 0 heterocycles. The topological polar surface area (TPSA) is 38.3 Å². The van der Waals surface area contributed by atoms with Crippen molar-refractivity contribution in [3.8, 4) is 16.9 Å². The van der Waals surface area contributed by atoms with Crippen LogP contribution in [0.4, 0.5) is 10.5 Å². The summed E-state index contributed by atoms with van der Waals surface area (Å²) in [4.78, 5) is 11.8. The first-order valence-corrected chi connectivity index (χ1v) is 7.01. The number of hydrogen-bond acceptors (Lipinski definition) is 2. The van der Waals surface area contributed by atoms with E-state index in [1.54, 1.807) is 24.3 Å². The molecule has 0 aromatic heterocycles. The van der Waals surface area contributed by atoms with Gasteiger partial charge >= 0.3 is 6.09 Å². The van der Waals surface area contributed by atoms with Crippen molar-refractivity contribution in [2.24, 2.45) is 0 Å². The van der Waals surface area contributed by atoms with Crippen LogP contribution in [0.15, 0.2) is 84.9 Å². The Morgan fingerprint density at radius 1 is 0.682 bits per heavy atom. The molecule has 0 bridgehead atoms. The van der Waals surface area contributed by atoms with Gasteiger partial charge in [0.05, 0.1) is 0 Å². The summed E-state index contributed by atoms with van der Waals surface area (Å²) < 4.78 is 5.26. The number of ether oxygens (including phenoxy) is 1. The molecule has 0 saturated heterocycles. The first-order chi connectivity index (χ1) is 10.8. The van der Waals surface area contributed by atoms with Gasteiger partial charge in [-0.25, -0.2) is 4.79 Å². The van der Waals surface area contributed by atoms with Gasteiger partial charge in [0.25, 0.3) is 0 Å². The molecule has 0 spiro atoms. The quantitative estimate of drug-likeness (QED) is 0.739. The lowest BCUT2D eigenvalue weighted by Crippen LogP contribution is -2.16. The molecule has 0 aliphatic heterocycles. The van der Waals surface area contributed by atoms with Crippen molar-refractivity contribution in [1.82, 2.24) is 0 Å². The molecule has 1 amide bonds. The summed E-state index contributed by atoms with van der Waals surface area (Å²) in [5.41, 5.74) is 2.91. The fourth-order valence-electron chi connectivity index (χ4n) is 2.12. The molecular formula is C19H15NO2. The van der Waals surface area contributed by atoms with Crippen molar-refractivity contribution in [2.75, 3.05) is 5.32 Å². The predicted octanol–water partition coefficient (Wildman–Crippen LogP) is 4.96. The number of carbonyl (C=O) groups is 1. The Labute approximate surface area is 129 Å². The third kappa shape index (κ3) is 3.52. The maximum atomic E-state index is 11.8. The van der Waals surface area contributed by atoms with Crippen LogP contribution in [0, 0.1) is 0 Å².